The van der Waals surface area contributed by atoms with Crippen LogP contribution in [0.5, 0.6) is 0 Å². The Kier molecular flexibility index (Phi) is 1.53. The molecular weight excluding hydrogens is 152 g/mol. The third kappa shape index (κ3) is 1.15. The maximum Gasteiger partial charge on any atom is 0.250 e. The van der Waals surface area contributed by atoms with E-state index in [1.54, 1.807) is 0 Å². The molecule has 0 spiro atoms. The maximum absolute atomic E-state index is 11.5. The summed E-state index contributed by atoms with van der Waals surface area (Å²) in [7, 11) is 0. The molecule has 1 heterocycles. The number of nitrogens with zero attached hydrogens (tertiary/aromatic N) is 2. The molecule has 0 bridgehead atoms. The van der Waals surface area contributed by atoms with Crippen LogP contribution in [0.2, 0.25) is 0 Å². The van der Waals surface area contributed by atoms with Crippen molar-refractivity contribution in [3.05, 3.63) is 17.5 Å². The molecule has 1 fully saturated rings. The van der Waals surface area contributed by atoms with Gasteiger partial charge in [0.25, 0.3) is 0 Å². The third-order valence-corrected chi connectivity index (χ3v) is 2.14. The van der Waals surface area contributed by atoms with Crippen molar-refractivity contribution in [3.63, 3.8) is 0 Å². The topological polar surface area (TPSA) is 34.9 Å². The van der Waals surface area contributed by atoms with Gasteiger partial charge in [0.1, 0.15) is 0 Å². The molecule has 12 heavy (non-hydrogen) atoms. The Balaban J connectivity index is 2.31. The summed E-state index contributed by atoms with van der Waals surface area (Å²) in [6, 6.07) is 1.93. The molecule has 0 amide bonds. The van der Waals surface area contributed by atoms with Gasteiger partial charge in [-0.25, -0.2) is 4.68 Å². The molecule has 0 N–H and O–H groups in total. The predicted octanol–water partition coefficient (Wildman–Crippen LogP) is 1.55. The fourth-order valence-corrected chi connectivity index (χ4v) is 1.36. The normalized spacial score (nSPS) is 16.5. The zero-order chi connectivity index (χ0) is 8.72. The van der Waals surface area contributed by atoms with Crippen molar-refractivity contribution in [1.29, 1.82) is 0 Å². The van der Waals surface area contributed by atoms with E-state index in [9.17, 15) is 4.79 Å². The average Bonchev–Trinajstić information content (AvgIpc) is 2.77. The Morgan fingerprint density at radius 1 is 1.58 bits per heavy atom. The number of hydrogen-bond donors (Lipinski definition) is 0. The van der Waals surface area contributed by atoms with Crippen LogP contribution in [0.1, 0.15) is 29.0 Å². The lowest BCUT2D eigenvalue weighted by Crippen LogP contribution is -2.15. The molecule has 0 unspecified atom stereocenters. The van der Waals surface area contributed by atoms with Gasteiger partial charge in [0, 0.05) is 11.6 Å². The Bertz CT molecular complexity index is 323. The van der Waals surface area contributed by atoms with Gasteiger partial charge >= 0.3 is 0 Å². The Morgan fingerprint density at radius 3 is 2.67 bits per heavy atom. The van der Waals surface area contributed by atoms with E-state index in [1.807, 2.05) is 19.9 Å². The molecule has 1 saturated carbocycles. The highest BCUT2D eigenvalue weighted by Gasteiger charge is 2.31. The Hall–Kier alpha value is -1.12. The zero-order valence-electron chi connectivity index (χ0n) is 7.37. The first-order chi connectivity index (χ1) is 5.68. The van der Waals surface area contributed by atoms with E-state index in [0.29, 0.717) is 0 Å². The van der Waals surface area contributed by atoms with Gasteiger partial charge in [0.05, 0.1) is 5.69 Å². The van der Waals surface area contributed by atoms with Crippen molar-refractivity contribution in [2.45, 2.75) is 26.7 Å². The first-order valence-electron chi connectivity index (χ1n) is 4.26. The van der Waals surface area contributed by atoms with Crippen molar-refractivity contribution < 1.29 is 4.79 Å². The number of hydrogen-bond acceptors (Lipinski definition) is 2. The van der Waals surface area contributed by atoms with Gasteiger partial charge in [-0.3, -0.25) is 4.79 Å². The molecule has 1 aromatic rings. The second-order valence-electron chi connectivity index (χ2n) is 3.45. The summed E-state index contributed by atoms with van der Waals surface area (Å²) in [5.74, 6) is 0.420. The lowest BCUT2D eigenvalue weighted by atomic mass is 10.3. The first-order valence-corrected chi connectivity index (χ1v) is 4.26. The molecule has 3 heteroatoms. The van der Waals surface area contributed by atoms with E-state index in [4.69, 9.17) is 0 Å². The van der Waals surface area contributed by atoms with Crippen molar-refractivity contribution >= 4 is 5.91 Å². The number of aromatic nitrogens is 2. The molecule has 1 aliphatic carbocycles. The van der Waals surface area contributed by atoms with Gasteiger partial charge in [0.2, 0.25) is 5.91 Å². The second-order valence-corrected chi connectivity index (χ2v) is 3.45. The molecule has 1 aromatic heterocycles. The zero-order valence-corrected chi connectivity index (χ0v) is 7.37. The number of rotatable bonds is 1. The predicted molar refractivity (Wildman–Crippen MR) is 45.1 cm³/mol. The van der Waals surface area contributed by atoms with E-state index in [2.05, 4.69) is 5.10 Å². The standard InChI is InChI=1S/C9H12N2O/c1-6-5-7(2)11(10-6)9(12)8-3-4-8/h5,8H,3-4H2,1-2H3. The second kappa shape index (κ2) is 2.44. The highest BCUT2D eigenvalue weighted by Crippen LogP contribution is 2.30. The van der Waals surface area contributed by atoms with Gasteiger partial charge in [-0.05, 0) is 32.8 Å². The molecule has 1 aliphatic rings. The Morgan fingerprint density at radius 2 is 2.25 bits per heavy atom. The summed E-state index contributed by atoms with van der Waals surface area (Å²) in [5.41, 5.74) is 1.87. The van der Waals surface area contributed by atoms with Crippen LogP contribution < -0.4 is 0 Å². The highest BCUT2D eigenvalue weighted by atomic mass is 16.2. The van der Waals surface area contributed by atoms with E-state index >= 15 is 0 Å². The van der Waals surface area contributed by atoms with Crippen LogP contribution in [0, 0.1) is 19.8 Å². The van der Waals surface area contributed by atoms with Crippen molar-refractivity contribution in [2.75, 3.05) is 0 Å². The summed E-state index contributed by atoms with van der Waals surface area (Å²) >= 11 is 0. The van der Waals surface area contributed by atoms with E-state index in [-0.39, 0.29) is 11.8 Å². The van der Waals surface area contributed by atoms with Gasteiger partial charge in [-0.15, -0.1) is 0 Å². The van der Waals surface area contributed by atoms with Gasteiger partial charge < -0.3 is 0 Å². The highest BCUT2D eigenvalue weighted by molar-refractivity contribution is 5.83. The smallest absolute Gasteiger partial charge is 0.250 e. The minimum absolute atomic E-state index is 0.167. The van der Waals surface area contributed by atoms with Crippen LogP contribution in [0.15, 0.2) is 6.07 Å². The molecule has 0 atom stereocenters. The summed E-state index contributed by atoms with van der Waals surface area (Å²) in [4.78, 5) is 11.5. The van der Waals surface area contributed by atoms with Crippen LogP contribution in [0.25, 0.3) is 0 Å². The number of carbonyl (C=O) groups excluding carboxylic acids is 1. The quantitative estimate of drug-likeness (QED) is 0.631. The summed E-state index contributed by atoms with van der Waals surface area (Å²) in [6.07, 6.45) is 2.08. The molecule has 64 valence electrons. The summed E-state index contributed by atoms with van der Waals surface area (Å²) < 4.78 is 1.53. The monoisotopic (exact) mass is 164 g/mol. The molecule has 0 saturated heterocycles. The van der Waals surface area contributed by atoms with Crippen molar-refractivity contribution in [1.82, 2.24) is 9.78 Å². The van der Waals surface area contributed by atoms with Crippen LogP contribution in [0.4, 0.5) is 0 Å². The van der Waals surface area contributed by atoms with Gasteiger partial charge in [-0.2, -0.15) is 5.10 Å². The van der Waals surface area contributed by atoms with Crippen LogP contribution >= 0.6 is 0 Å². The molecular formula is C9H12N2O. The van der Waals surface area contributed by atoms with E-state index in [0.717, 1.165) is 24.2 Å². The third-order valence-electron chi connectivity index (χ3n) is 2.14. The average molecular weight is 164 g/mol. The largest absolute Gasteiger partial charge is 0.272 e. The van der Waals surface area contributed by atoms with Crippen LogP contribution in [-0.4, -0.2) is 15.7 Å². The van der Waals surface area contributed by atoms with Gasteiger partial charge in [0.15, 0.2) is 0 Å². The maximum atomic E-state index is 11.5. The molecule has 3 nitrogen and oxygen atoms in total. The van der Waals surface area contributed by atoms with E-state index < -0.39 is 0 Å². The fourth-order valence-electron chi connectivity index (χ4n) is 1.36. The number of aryl methyl sites for hydroxylation is 2. The lowest BCUT2D eigenvalue weighted by molar-refractivity contribution is 0.0867. The molecule has 0 aliphatic heterocycles. The minimum atomic E-state index is 0.167. The minimum Gasteiger partial charge on any atom is -0.272 e. The Labute approximate surface area is 71.4 Å². The lowest BCUT2D eigenvalue weighted by Gasteiger charge is -1.99. The molecule has 0 aromatic carbocycles. The summed E-state index contributed by atoms with van der Waals surface area (Å²) in [5, 5.41) is 4.14. The van der Waals surface area contributed by atoms with Gasteiger partial charge in [-0.1, -0.05) is 0 Å². The first kappa shape index (κ1) is 7.53. The SMILES string of the molecule is Cc1cc(C)n(C(=O)C2CC2)n1. The van der Waals surface area contributed by atoms with Crippen molar-refractivity contribution in [3.8, 4) is 0 Å². The fraction of sp³-hybridized carbons (Fsp3) is 0.556. The van der Waals surface area contributed by atoms with E-state index in [1.165, 1.54) is 4.68 Å². The van der Waals surface area contributed by atoms with Crippen LogP contribution in [0.3, 0.4) is 0 Å². The van der Waals surface area contributed by atoms with Crippen LogP contribution in [-0.2, 0) is 0 Å². The molecule has 2 rings (SSSR count). The number of carbonyl (C=O) groups is 1. The molecule has 0 radical (unpaired) electrons. The van der Waals surface area contributed by atoms with Crippen molar-refractivity contribution in [2.24, 2.45) is 5.92 Å². The summed E-state index contributed by atoms with van der Waals surface area (Å²) in [6.45, 7) is 3.82.